The van der Waals surface area contributed by atoms with Crippen LogP contribution in [0.5, 0.6) is 5.75 Å². The lowest BCUT2D eigenvalue weighted by molar-refractivity contribution is -0.118. The maximum Gasteiger partial charge on any atom is 0.262 e. The number of halogens is 3. The molecule has 0 aliphatic carbocycles. The fourth-order valence-electron chi connectivity index (χ4n) is 3.39. The Labute approximate surface area is 214 Å². The Kier molecular flexibility index (Phi) is 7.54. The molecular formula is C24H19BrCl2N2O3S. The number of anilines is 2. The van der Waals surface area contributed by atoms with E-state index in [4.69, 9.17) is 27.9 Å². The molecule has 2 amide bonds. The van der Waals surface area contributed by atoms with Crippen molar-refractivity contribution in [1.82, 2.24) is 0 Å². The zero-order valence-corrected chi connectivity index (χ0v) is 21.4. The molecule has 33 heavy (non-hydrogen) atoms. The predicted octanol–water partition coefficient (Wildman–Crippen LogP) is 6.86. The van der Waals surface area contributed by atoms with E-state index in [2.05, 4.69) is 21.2 Å². The summed E-state index contributed by atoms with van der Waals surface area (Å²) in [4.78, 5) is 26.9. The summed E-state index contributed by atoms with van der Waals surface area (Å²) in [5.74, 6) is 0.552. The second-order valence-electron chi connectivity index (χ2n) is 7.39. The van der Waals surface area contributed by atoms with Crippen molar-refractivity contribution in [2.24, 2.45) is 0 Å². The number of hydrogen-bond donors (Lipinski definition) is 1. The second-order valence-corrected chi connectivity index (χ2v) is 10.2. The molecule has 1 heterocycles. The fourth-order valence-corrected chi connectivity index (χ4v) is 5.27. The molecule has 0 radical (unpaired) electrons. The van der Waals surface area contributed by atoms with E-state index in [1.54, 1.807) is 35.2 Å². The average molecular weight is 566 g/mol. The van der Waals surface area contributed by atoms with Crippen molar-refractivity contribution in [3.05, 3.63) is 86.3 Å². The van der Waals surface area contributed by atoms with E-state index in [0.29, 0.717) is 27.2 Å². The van der Waals surface area contributed by atoms with Gasteiger partial charge in [-0.1, -0.05) is 45.2 Å². The molecule has 3 aromatic carbocycles. The summed E-state index contributed by atoms with van der Waals surface area (Å²) in [5, 5.41) is 3.66. The van der Waals surface area contributed by atoms with Crippen LogP contribution in [0.1, 0.15) is 16.5 Å². The van der Waals surface area contributed by atoms with Crippen LogP contribution in [0.4, 0.5) is 11.4 Å². The third-order valence-corrected chi connectivity index (χ3v) is 7.37. The van der Waals surface area contributed by atoms with E-state index in [-0.39, 0.29) is 23.8 Å². The topological polar surface area (TPSA) is 58.6 Å². The fraction of sp³-hybridized carbons (Fsp3) is 0.167. The van der Waals surface area contributed by atoms with Gasteiger partial charge < -0.3 is 10.1 Å². The molecule has 1 atom stereocenters. The summed E-state index contributed by atoms with van der Waals surface area (Å²) < 4.78 is 6.74. The Bertz CT molecular complexity index is 1210. The van der Waals surface area contributed by atoms with Gasteiger partial charge in [0.25, 0.3) is 5.91 Å². The van der Waals surface area contributed by atoms with Gasteiger partial charge in [0, 0.05) is 31.5 Å². The first-order valence-electron chi connectivity index (χ1n) is 9.99. The van der Waals surface area contributed by atoms with Crippen LogP contribution >= 0.6 is 50.9 Å². The number of nitrogens with zero attached hydrogens (tertiary/aromatic N) is 1. The Morgan fingerprint density at radius 1 is 1.15 bits per heavy atom. The van der Waals surface area contributed by atoms with Gasteiger partial charge in [-0.3, -0.25) is 14.5 Å². The summed E-state index contributed by atoms with van der Waals surface area (Å²) >= 11 is 17.2. The van der Waals surface area contributed by atoms with Crippen molar-refractivity contribution in [1.29, 1.82) is 0 Å². The van der Waals surface area contributed by atoms with Crippen molar-refractivity contribution in [3.63, 3.8) is 0 Å². The monoisotopic (exact) mass is 564 g/mol. The van der Waals surface area contributed by atoms with E-state index >= 15 is 0 Å². The molecular weight excluding hydrogens is 547 g/mol. The van der Waals surface area contributed by atoms with Crippen molar-refractivity contribution >= 4 is 74.1 Å². The normalized spacial score (nSPS) is 15.6. The highest BCUT2D eigenvalue weighted by atomic mass is 79.9. The molecule has 0 aromatic heterocycles. The van der Waals surface area contributed by atoms with Crippen LogP contribution < -0.4 is 15.0 Å². The van der Waals surface area contributed by atoms with Gasteiger partial charge in [-0.05, 0) is 67.1 Å². The molecule has 0 unspecified atom stereocenters. The van der Waals surface area contributed by atoms with E-state index in [9.17, 15) is 9.59 Å². The first-order valence-corrected chi connectivity index (χ1v) is 12.6. The molecule has 1 aliphatic rings. The largest absolute Gasteiger partial charge is 0.483 e. The average Bonchev–Trinajstić information content (AvgIpc) is 3.17. The molecule has 1 aliphatic heterocycles. The highest BCUT2D eigenvalue weighted by molar-refractivity contribution is 9.10. The van der Waals surface area contributed by atoms with Gasteiger partial charge >= 0.3 is 0 Å². The number of benzene rings is 3. The molecule has 9 heteroatoms. The molecule has 1 N–H and O–H groups in total. The Hall–Kier alpha value is -2.19. The number of carbonyl (C=O) groups excluding carboxylic acids is 2. The molecule has 4 rings (SSSR count). The summed E-state index contributed by atoms with van der Waals surface area (Å²) in [6, 6.07) is 18.0. The lowest BCUT2D eigenvalue weighted by Gasteiger charge is -2.26. The molecule has 0 spiro atoms. The van der Waals surface area contributed by atoms with Crippen LogP contribution in [0.2, 0.25) is 10.0 Å². The molecule has 170 valence electrons. The van der Waals surface area contributed by atoms with Crippen LogP contribution in [0.15, 0.2) is 65.1 Å². The number of rotatable bonds is 6. The van der Waals surface area contributed by atoms with Gasteiger partial charge in [0.05, 0.1) is 5.75 Å². The minimum atomic E-state index is -0.312. The van der Waals surface area contributed by atoms with Gasteiger partial charge in [-0.15, -0.1) is 11.8 Å². The van der Waals surface area contributed by atoms with Gasteiger partial charge in [0.2, 0.25) is 5.91 Å². The Morgan fingerprint density at radius 2 is 1.91 bits per heavy atom. The van der Waals surface area contributed by atoms with Crippen LogP contribution in [0, 0.1) is 6.92 Å². The van der Waals surface area contributed by atoms with Crippen molar-refractivity contribution < 1.29 is 14.3 Å². The third-order valence-electron chi connectivity index (χ3n) is 5.02. The smallest absolute Gasteiger partial charge is 0.262 e. The highest BCUT2D eigenvalue weighted by Crippen LogP contribution is 2.45. The molecule has 0 bridgehead atoms. The van der Waals surface area contributed by atoms with Crippen LogP contribution in [0.25, 0.3) is 0 Å². The molecule has 0 saturated carbocycles. The molecule has 1 fully saturated rings. The number of ether oxygens (including phenoxy) is 1. The zero-order valence-electron chi connectivity index (χ0n) is 17.5. The summed E-state index contributed by atoms with van der Waals surface area (Å²) in [7, 11) is 0. The maximum atomic E-state index is 12.7. The molecule has 3 aromatic rings. The van der Waals surface area contributed by atoms with E-state index < -0.39 is 0 Å². The molecule has 1 saturated heterocycles. The number of carbonyl (C=O) groups is 2. The SMILES string of the molecule is Cc1ccc(NC(=O)COc2ccc(Br)cc2[C@H]2SCC(=O)N2c2ccc(Cl)cc2)cc1Cl. The van der Waals surface area contributed by atoms with Gasteiger partial charge in [0.1, 0.15) is 11.1 Å². The van der Waals surface area contributed by atoms with Crippen LogP contribution in [-0.4, -0.2) is 24.2 Å². The van der Waals surface area contributed by atoms with Crippen molar-refractivity contribution in [3.8, 4) is 5.75 Å². The first kappa shape index (κ1) is 24.0. The maximum absolute atomic E-state index is 12.7. The Morgan fingerprint density at radius 3 is 2.64 bits per heavy atom. The van der Waals surface area contributed by atoms with E-state index in [0.717, 1.165) is 21.3 Å². The quantitative estimate of drug-likeness (QED) is 0.354. The van der Waals surface area contributed by atoms with Gasteiger partial charge in [-0.2, -0.15) is 0 Å². The Balaban J connectivity index is 1.53. The summed E-state index contributed by atoms with van der Waals surface area (Å²) in [5.41, 5.74) is 3.07. The van der Waals surface area contributed by atoms with Gasteiger partial charge in [-0.25, -0.2) is 0 Å². The summed E-state index contributed by atoms with van der Waals surface area (Å²) in [6.45, 7) is 1.71. The first-order chi connectivity index (χ1) is 15.8. The van der Waals surface area contributed by atoms with Crippen LogP contribution in [0.3, 0.4) is 0 Å². The minimum Gasteiger partial charge on any atom is -0.483 e. The van der Waals surface area contributed by atoms with Crippen molar-refractivity contribution in [2.45, 2.75) is 12.3 Å². The van der Waals surface area contributed by atoms with Crippen LogP contribution in [-0.2, 0) is 9.59 Å². The zero-order chi connectivity index (χ0) is 23.5. The number of aryl methyl sites for hydroxylation is 1. The minimum absolute atomic E-state index is 0.00718. The standard InChI is InChI=1S/C24H19BrCl2N2O3S/c1-14-2-6-17(11-20(14)27)28-22(30)12-32-21-9-3-15(25)10-19(21)24-29(23(31)13-33-24)18-7-4-16(26)5-8-18/h2-11,24H,12-13H2,1H3,(H,28,30)/t24-/m1/s1. The third kappa shape index (κ3) is 5.66. The van der Waals surface area contributed by atoms with E-state index in [1.165, 1.54) is 11.8 Å². The lowest BCUT2D eigenvalue weighted by atomic mass is 10.1. The second kappa shape index (κ2) is 10.4. The van der Waals surface area contributed by atoms with Gasteiger partial charge in [0.15, 0.2) is 6.61 Å². The number of hydrogen-bond acceptors (Lipinski definition) is 4. The molecule has 5 nitrogen and oxygen atoms in total. The predicted molar refractivity (Wildman–Crippen MR) is 139 cm³/mol. The van der Waals surface area contributed by atoms with Crippen molar-refractivity contribution in [2.75, 3.05) is 22.6 Å². The number of thioether (sulfide) groups is 1. The number of amides is 2. The highest BCUT2D eigenvalue weighted by Gasteiger charge is 2.36. The number of nitrogens with one attached hydrogen (secondary N) is 1. The summed E-state index contributed by atoms with van der Waals surface area (Å²) in [6.07, 6.45) is 0. The lowest BCUT2D eigenvalue weighted by Crippen LogP contribution is -2.28. The van der Waals surface area contributed by atoms with E-state index in [1.807, 2.05) is 37.3 Å².